The largest absolute Gasteiger partial charge is 0.444 e. The molecular weight excluding hydrogens is 724 g/mol. The molecule has 0 radical (unpaired) electrons. The second-order valence-electron chi connectivity index (χ2n) is 13.5. The maximum Gasteiger partial charge on any atom is 0.407 e. The number of nitrogens with one attached hydrogen (secondary N) is 1. The first-order chi connectivity index (χ1) is 25.8. The number of nitrogen functional groups attached to an aromatic ring is 2. The first-order valence-electron chi connectivity index (χ1n) is 17.5. The van der Waals surface area contributed by atoms with Gasteiger partial charge in [0.2, 0.25) is 10.0 Å². The summed E-state index contributed by atoms with van der Waals surface area (Å²) in [5.41, 5.74) is 13.5. The summed E-state index contributed by atoms with van der Waals surface area (Å²) in [4.78, 5) is 24.6. The van der Waals surface area contributed by atoms with Gasteiger partial charge in [0.25, 0.3) is 0 Å². The minimum Gasteiger partial charge on any atom is -0.444 e. The van der Waals surface area contributed by atoms with Gasteiger partial charge in [-0.2, -0.15) is 4.31 Å². The molecule has 294 valence electrons. The monoisotopic (exact) mass is 772 g/mol. The molecule has 2 fully saturated rings. The van der Waals surface area contributed by atoms with Crippen molar-refractivity contribution in [2.24, 2.45) is 5.92 Å². The zero-order valence-corrected chi connectivity index (χ0v) is 30.8. The van der Waals surface area contributed by atoms with Gasteiger partial charge in [-0.25, -0.2) is 28.2 Å². The van der Waals surface area contributed by atoms with Crippen LogP contribution in [0.25, 0.3) is 11.2 Å². The molecule has 7 atom stereocenters. The number of sulfonamides is 1. The quantitative estimate of drug-likeness (QED) is 0.0908. The van der Waals surface area contributed by atoms with Crippen LogP contribution in [0.2, 0.25) is 0 Å². The Morgan fingerprint density at radius 1 is 1.06 bits per heavy atom. The standard InChI is InChI=1S/C25H35N3O6S.C10H13N5O4/c1-18(2)15-28(35(31,32)22-10-8-20(26)9-11-22)16-24(29)23(14-19-6-4-3-5-7-19)27-25(30)34-21-12-13-33-17-21;11-8-5-9(13-2-12-8)15(3-14-5)10-7(18)6(17)4(1-16)19-10/h3-11,18,21,23-24,29H,12-17,26H2,1-2H3,(H,27,30);2-4,6-7,10,16-18H,1H2,(H2,11,12,13)/t21-,23-,24+;4-,6-,7+,10-/m01/s1. The average Bonchev–Trinajstić information content (AvgIpc) is 3.88. The molecule has 4 heterocycles. The Kier molecular flexibility index (Phi) is 13.8. The van der Waals surface area contributed by atoms with Crippen molar-refractivity contribution < 1.29 is 47.8 Å². The van der Waals surface area contributed by atoms with Crippen LogP contribution >= 0.6 is 0 Å². The fourth-order valence-electron chi connectivity index (χ4n) is 6.06. The highest BCUT2D eigenvalue weighted by molar-refractivity contribution is 7.89. The van der Waals surface area contributed by atoms with Gasteiger partial charge in [0.05, 0.1) is 43.2 Å². The van der Waals surface area contributed by atoms with E-state index in [1.807, 2.05) is 44.2 Å². The molecule has 4 aromatic rings. The fraction of sp³-hybridized carbons (Fsp3) is 0.486. The summed E-state index contributed by atoms with van der Waals surface area (Å²) < 4.78 is 45.6. The Labute approximate surface area is 312 Å². The normalized spacial score (nSPS) is 22.6. The number of nitrogens with zero attached hydrogens (tertiary/aromatic N) is 5. The van der Waals surface area contributed by atoms with Gasteiger partial charge in [-0.3, -0.25) is 4.57 Å². The third-order valence-corrected chi connectivity index (χ3v) is 10.7. The second-order valence-corrected chi connectivity index (χ2v) is 15.4. The van der Waals surface area contributed by atoms with Crippen LogP contribution < -0.4 is 16.8 Å². The van der Waals surface area contributed by atoms with Gasteiger partial charge in [0.1, 0.15) is 36.3 Å². The lowest BCUT2D eigenvalue weighted by atomic mass is 10.0. The Hall–Kier alpha value is -4.47. The van der Waals surface area contributed by atoms with Gasteiger partial charge < -0.3 is 51.4 Å². The van der Waals surface area contributed by atoms with Crippen molar-refractivity contribution in [3.63, 3.8) is 0 Å². The molecule has 0 unspecified atom stereocenters. The van der Waals surface area contributed by atoms with E-state index >= 15 is 0 Å². The molecule has 54 heavy (non-hydrogen) atoms. The zero-order chi connectivity index (χ0) is 39.0. The van der Waals surface area contributed by atoms with Crippen LogP contribution in [0.4, 0.5) is 16.3 Å². The van der Waals surface area contributed by atoms with E-state index in [9.17, 15) is 28.5 Å². The van der Waals surface area contributed by atoms with Crippen LogP contribution in [0.15, 0.2) is 72.1 Å². The number of ether oxygens (including phenoxy) is 3. The number of carbonyl (C=O) groups is 1. The van der Waals surface area contributed by atoms with Crippen LogP contribution in [0.5, 0.6) is 0 Å². The number of aliphatic hydroxyl groups is 4. The highest BCUT2D eigenvalue weighted by Crippen LogP contribution is 2.31. The molecule has 0 saturated carbocycles. The molecule has 2 aliphatic rings. The highest BCUT2D eigenvalue weighted by Gasteiger charge is 2.44. The predicted molar refractivity (Wildman–Crippen MR) is 196 cm³/mol. The minimum atomic E-state index is -3.90. The van der Waals surface area contributed by atoms with Gasteiger partial charge in [-0.05, 0) is 42.2 Å². The number of aliphatic hydroxyl groups excluding tert-OH is 4. The zero-order valence-electron chi connectivity index (χ0n) is 30.0. The number of hydrogen-bond acceptors (Lipinski definition) is 15. The van der Waals surface area contributed by atoms with Crippen LogP contribution in [-0.4, -0.2) is 128 Å². The average molecular weight is 773 g/mol. The van der Waals surface area contributed by atoms with E-state index in [1.165, 1.54) is 45.8 Å². The summed E-state index contributed by atoms with van der Waals surface area (Å²) in [5, 5.41) is 42.7. The molecule has 0 aliphatic carbocycles. The molecule has 2 aromatic heterocycles. The molecule has 19 heteroatoms. The number of benzene rings is 2. The van der Waals surface area contributed by atoms with Crippen LogP contribution in [0.1, 0.15) is 32.1 Å². The second kappa shape index (κ2) is 18.2. The summed E-state index contributed by atoms with van der Waals surface area (Å²) in [5.74, 6) is 0.231. The molecule has 18 nitrogen and oxygen atoms in total. The first-order valence-corrected chi connectivity index (χ1v) is 18.9. The van der Waals surface area contributed by atoms with Crippen molar-refractivity contribution in [3.05, 3.63) is 72.8 Å². The van der Waals surface area contributed by atoms with E-state index in [0.29, 0.717) is 42.9 Å². The third kappa shape index (κ3) is 9.98. The number of fused-ring (bicyclic) bond motifs is 1. The smallest absolute Gasteiger partial charge is 0.407 e. The van der Waals surface area contributed by atoms with Crippen molar-refractivity contribution >= 4 is 38.8 Å². The van der Waals surface area contributed by atoms with E-state index < -0.39 is 59.4 Å². The molecule has 2 aliphatic heterocycles. The van der Waals surface area contributed by atoms with Crippen LogP contribution in [-0.2, 0) is 30.7 Å². The van der Waals surface area contributed by atoms with Gasteiger partial charge in [0.15, 0.2) is 17.7 Å². The number of hydrogen-bond donors (Lipinski definition) is 7. The lowest BCUT2D eigenvalue weighted by molar-refractivity contribution is -0.0511. The van der Waals surface area contributed by atoms with Gasteiger partial charge in [-0.1, -0.05) is 44.2 Å². The van der Waals surface area contributed by atoms with Crippen molar-refractivity contribution in [1.82, 2.24) is 29.1 Å². The van der Waals surface area contributed by atoms with Crippen molar-refractivity contribution in [2.75, 3.05) is 44.4 Å². The van der Waals surface area contributed by atoms with Crippen LogP contribution in [0.3, 0.4) is 0 Å². The fourth-order valence-corrected chi connectivity index (χ4v) is 7.68. The van der Waals surface area contributed by atoms with Crippen molar-refractivity contribution in [1.29, 1.82) is 0 Å². The summed E-state index contributed by atoms with van der Waals surface area (Å²) >= 11 is 0. The van der Waals surface area contributed by atoms with E-state index in [0.717, 1.165) is 5.56 Å². The number of alkyl carbamates (subject to hydrolysis) is 1. The van der Waals surface area contributed by atoms with E-state index in [-0.39, 0.29) is 35.8 Å². The Balaban J connectivity index is 0.000000246. The lowest BCUT2D eigenvalue weighted by Crippen LogP contribution is -2.51. The molecule has 0 spiro atoms. The maximum atomic E-state index is 13.4. The number of imidazole rings is 1. The number of aromatic nitrogens is 4. The summed E-state index contributed by atoms with van der Waals surface area (Å²) in [6.07, 6.45) is -2.71. The number of anilines is 2. The van der Waals surface area contributed by atoms with E-state index in [2.05, 4.69) is 20.3 Å². The van der Waals surface area contributed by atoms with Gasteiger partial charge >= 0.3 is 6.09 Å². The predicted octanol–water partition coefficient (Wildman–Crippen LogP) is 0.423. The van der Waals surface area contributed by atoms with Gasteiger partial charge in [0, 0.05) is 25.2 Å². The summed E-state index contributed by atoms with van der Waals surface area (Å²) in [6, 6.07) is 14.6. The topological polar surface area (TPSA) is 271 Å². The first kappa shape index (κ1) is 40.7. The van der Waals surface area contributed by atoms with Crippen molar-refractivity contribution in [3.8, 4) is 0 Å². The molecule has 2 aromatic carbocycles. The number of nitrogens with two attached hydrogens (primary N) is 2. The summed E-state index contributed by atoms with van der Waals surface area (Å²) in [6.45, 7) is 4.28. The van der Waals surface area contributed by atoms with Crippen LogP contribution in [0, 0.1) is 5.92 Å². The Bertz CT molecular complexity index is 1910. The number of carbonyl (C=O) groups excluding carboxylic acids is 1. The van der Waals surface area contributed by atoms with Crippen molar-refractivity contribution in [2.45, 2.75) is 74.4 Å². The minimum absolute atomic E-state index is 0.0126. The SMILES string of the molecule is CC(C)CN(C[C@@H](O)[C@H](Cc1ccccc1)NC(=O)O[C@H]1CCOC1)S(=O)(=O)c1ccc(N)cc1.Nc1ncnc2c1ncn2[C@@H]1O[C@H](CO)[C@@H](O)[C@@H]1O. The molecule has 1 amide bonds. The maximum absolute atomic E-state index is 13.4. The molecule has 0 bridgehead atoms. The molecule has 2 saturated heterocycles. The number of amides is 1. The Morgan fingerprint density at radius 2 is 1.78 bits per heavy atom. The van der Waals surface area contributed by atoms with E-state index in [4.69, 9.17) is 30.8 Å². The van der Waals surface area contributed by atoms with Gasteiger partial charge in [-0.15, -0.1) is 0 Å². The third-order valence-electron chi connectivity index (χ3n) is 8.88. The van der Waals surface area contributed by atoms with E-state index in [1.54, 1.807) is 0 Å². The molecule has 6 rings (SSSR count). The molecular formula is C35H48N8O10S. The Morgan fingerprint density at radius 3 is 2.41 bits per heavy atom. The number of rotatable bonds is 13. The highest BCUT2D eigenvalue weighted by atomic mass is 32.2. The summed E-state index contributed by atoms with van der Waals surface area (Å²) in [7, 11) is -3.90. The lowest BCUT2D eigenvalue weighted by Gasteiger charge is -2.30. The molecule has 9 N–H and O–H groups in total.